The van der Waals surface area contributed by atoms with Crippen LogP contribution < -0.4 is 5.32 Å². The van der Waals surface area contributed by atoms with Crippen LogP contribution in [0.4, 0.5) is 0 Å². The van der Waals surface area contributed by atoms with Crippen molar-refractivity contribution in [2.75, 3.05) is 19.8 Å². The van der Waals surface area contributed by atoms with Crippen LogP contribution >= 0.6 is 0 Å². The van der Waals surface area contributed by atoms with Gasteiger partial charge in [0.05, 0.1) is 6.61 Å². The highest BCUT2D eigenvalue weighted by Crippen LogP contribution is 2.19. The fourth-order valence-corrected chi connectivity index (χ4v) is 1.90. The third kappa shape index (κ3) is 6.46. The molecule has 0 aromatic rings. The Kier molecular flexibility index (Phi) is 7.01. The molecule has 0 spiro atoms. The van der Waals surface area contributed by atoms with Gasteiger partial charge in [0.25, 0.3) is 0 Å². The molecule has 16 heavy (non-hydrogen) atoms. The van der Waals surface area contributed by atoms with Crippen LogP contribution in [0.25, 0.3) is 0 Å². The van der Waals surface area contributed by atoms with Crippen molar-refractivity contribution in [3.63, 3.8) is 0 Å². The summed E-state index contributed by atoms with van der Waals surface area (Å²) in [6, 6.07) is 0.894. The Hall–Kier alpha value is -0.120. The van der Waals surface area contributed by atoms with E-state index < -0.39 is 0 Å². The minimum absolute atomic E-state index is 0.227. The van der Waals surface area contributed by atoms with E-state index in [0.29, 0.717) is 12.0 Å². The molecule has 1 aliphatic rings. The molecule has 1 saturated carbocycles. The van der Waals surface area contributed by atoms with Crippen LogP contribution in [0.2, 0.25) is 0 Å². The van der Waals surface area contributed by atoms with E-state index in [2.05, 4.69) is 19.2 Å². The number of hydrogen-bond donors (Lipinski definition) is 2. The lowest BCUT2D eigenvalue weighted by Crippen LogP contribution is -2.35. The molecule has 2 N–H and O–H groups in total. The average Bonchev–Trinajstić information content (AvgIpc) is 3.07. The number of aliphatic hydroxyl groups excluding tert-OH is 1. The Bertz CT molecular complexity index is 171. The smallest absolute Gasteiger partial charge is 0.0585 e. The summed E-state index contributed by atoms with van der Waals surface area (Å²) in [6.07, 6.45) is 5.93. The van der Waals surface area contributed by atoms with Crippen LogP contribution in [0.15, 0.2) is 0 Å². The predicted molar refractivity (Wildman–Crippen MR) is 66.5 cm³/mol. The molecule has 0 bridgehead atoms. The summed E-state index contributed by atoms with van der Waals surface area (Å²) in [5, 5.41) is 12.6. The molecule has 0 amide bonds. The summed E-state index contributed by atoms with van der Waals surface area (Å²) >= 11 is 0. The van der Waals surface area contributed by atoms with Gasteiger partial charge in [0.1, 0.15) is 0 Å². The molecule has 2 unspecified atom stereocenters. The van der Waals surface area contributed by atoms with E-state index in [1.807, 2.05) is 0 Å². The predicted octanol–water partition coefficient (Wildman–Crippen LogP) is 1.94. The summed E-state index contributed by atoms with van der Waals surface area (Å²) in [5.74, 6) is 0.661. The Morgan fingerprint density at radius 2 is 2.12 bits per heavy atom. The zero-order chi connectivity index (χ0) is 11.8. The maximum Gasteiger partial charge on any atom is 0.0585 e. The van der Waals surface area contributed by atoms with Crippen molar-refractivity contribution in [3.8, 4) is 0 Å². The van der Waals surface area contributed by atoms with Crippen molar-refractivity contribution in [1.29, 1.82) is 0 Å². The quantitative estimate of drug-likeness (QED) is 0.563. The van der Waals surface area contributed by atoms with Gasteiger partial charge >= 0.3 is 0 Å². The largest absolute Gasteiger partial charge is 0.395 e. The van der Waals surface area contributed by atoms with Crippen LogP contribution in [0.3, 0.4) is 0 Å². The lowest BCUT2D eigenvalue weighted by molar-refractivity contribution is 0.0871. The molecule has 0 aromatic carbocycles. The number of hydrogen-bond acceptors (Lipinski definition) is 3. The van der Waals surface area contributed by atoms with Crippen LogP contribution in [-0.4, -0.2) is 37.0 Å². The Labute approximate surface area is 99.6 Å². The second-order valence-electron chi connectivity index (χ2n) is 5.08. The van der Waals surface area contributed by atoms with E-state index in [4.69, 9.17) is 4.74 Å². The molecule has 1 aliphatic carbocycles. The Morgan fingerprint density at radius 3 is 2.69 bits per heavy atom. The maximum absolute atomic E-state index is 9.18. The van der Waals surface area contributed by atoms with E-state index in [9.17, 15) is 5.11 Å². The molecule has 1 fully saturated rings. The molecular weight excluding hydrogens is 202 g/mol. The number of rotatable bonds is 10. The molecule has 96 valence electrons. The van der Waals surface area contributed by atoms with Crippen molar-refractivity contribution in [2.24, 2.45) is 5.92 Å². The topological polar surface area (TPSA) is 41.5 Å². The first kappa shape index (κ1) is 13.9. The van der Waals surface area contributed by atoms with E-state index in [1.165, 1.54) is 25.7 Å². The molecule has 0 heterocycles. The van der Waals surface area contributed by atoms with Crippen LogP contribution in [0.5, 0.6) is 0 Å². The van der Waals surface area contributed by atoms with E-state index in [0.717, 1.165) is 19.6 Å². The average molecular weight is 229 g/mol. The van der Waals surface area contributed by atoms with Gasteiger partial charge in [0, 0.05) is 25.3 Å². The van der Waals surface area contributed by atoms with Gasteiger partial charge < -0.3 is 15.2 Å². The van der Waals surface area contributed by atoms with Gasteiger partial charge in [-0.05, 0) is 31.6 Å². The van der Waals surface area contributed by atoms with Crippen molar-refractivity contribution in [2.45, 2.75) is 58.0 Å². The molecule has 0 aromatic heterocycles. The van der Waals surface area contributed by atoms with Gasteiger partial charge in [-0.2, -0.15) is 0 Å². The molecule has 3 heteroatoms. The third-order valence-corrected chi connectivity index (χ3v) is 3.06. The minimum atomic E-state index is 0.227. The summed E-state index contributed by atoms with van der Waals surface area (Å²) in [7, 11) is 0. The highest BCUT2D eigenvalue weighted by molar-refractivity contribution is 4.84. The van der Waals surface area contributed by atoms with E-state index >= 15 is 0 Å². The summed E-state index contributed by atoms with van der Waals surface area (Å²) in [6.45, 7) is 6.28. The molecule has 0 saturated heterocycles. The number of aliphatic hydroxyl groups is 1. The Morgan fingerprint density at radius 1 is 1.38 bits per heavy atom. The monoisotopic (exact) mass is 229 g/mol. The fourth-order valence-electron chi connectivity index (χ4n) is 1.90. The minimum Gasteiger partial charge on any atom is -0.395 e. The van der Waals surface area contributed by atoms with E-state index in [1.54, 1.807) is 0 Å². The highest BCUT2D eigenvalue weighted by atomic mass is 16.5. The van der Waals surface area contributed by atoms with Crippen molar-refractivity contribution < 1.29 is 9.84 Å². The second-order valence-corrected chi connectivity index (χ2v) is 5.08. The standard InChI is InChI=1S/C13H27NO2/c1-3-4-11(2)10-16-8-7-13(9-15)14-12-5-6-12/h11-15H,3-10H2,1-2H3. The molecular formula is C13H27NO2. The molecule has 1 rings (SSSR count). The molecule has 3 nitrogen and oxygen atoms in total. The van der Waals surface area contributed by atoms with Gasteiger partial charge in [-0.1, -0.05) is 20.3 Å². The first-order valence-corrected chi connectivity index (χ1v) is 6.70. The normalized spacial score (nSPS) is 19.7. The highest BCUT2D eigenvalue weighted by Gasteiger charge is 2.23. The summed E-state index contributed by atoms with van der Waals surface area (Å²) < 4.78 is 5.63. The SMILES string of the molecule is CCCC(C)COCCC(CO)NC1CC1. The number of nitrogens with one attached hydrogen (secondary N) is 1. The summed E-state index contributed by atoms with van der Waals surface area (Å²) in [4.78, 5) is 0. The van der Waals surface area contributed by atoms with Gasteiger partial charge in [0.2, 0.25) is 0 Å². The van der Waals surface area contributed by atoms with Gasteiger partial charge in [-0.25, -0.2) is 0 Å². The maximum atomic E-state index is 9.18. The van der Waals surface area contributed by atoms with Crippen molar-refractivity contribution in [3.05, 3.63) is 0 Å². The first-order chi connectivity index (χ1) is 7.76. The lowest BCUT2D eigenvalue weighted by atomic mass is 10.1. The lowest BCUT2D eigenvalue weighted by Gasteiger charge is -2.16. The Balaban J connectivity index is 1.95. The van der Waals surface area contributed by atoms with Crippen LogP contribution in [0.1, 0.15) is 46.0 Å². The van der Waals surface area contributed by atoms with E-state index in [-0.39, 0.29) is 12.6 Å². The zero-order valence-electron chi connectivity index (χ0n) is 10.7. The third-order valence-electron chi connectivity index (χ3n) is 3.06. The fraction of sp³-hybridized carbons (Fsp3) is 1.00. The zero-order valence-corrected chi connectivity index (χ0v) is 10.7. The van der Waals surface area contributed by atoms with Crippen molar-refractivity contribution in [1.82, 2.24) is 5.32 Å². The summed E-state index contributed by atoms with van der Waals surface area (Å²) in [5.41, 5.74) is 0. The van der Waals surface area contributed by atoms with Crippen LogP contribution in [-0.2, 0) is 4.74 Å². The molecule has 0 radical (unpaired) electrons. The number of ether oxygens (including phenoxy) is 1. The molecule has 0 aliphatic heterocycles. The van der Waals surface area contributed by atoms with Crippen LogP contribution in [0, 0.1) is 5.92 Å². The van der Waals surface area contributed by atoms with Gasteiger partial charge in [-0.15, -0.1) is 0 Å². The van der Waals surface area contributed by atoms with Gasteiger partial charge in [-0.3, -0.25) is 0 Å². The first-order valence-electron chi connectivity index (χ1n) is 6.70. The second kappa shape index (κ2) is 8.04. The molecule has 2 atom stereocenters. The van der Waals surface area contributed by atoms with Gasteiger partial charge in [0.15, 0.2) is 0 Å². The van der Waals surface area contributed by atoms with Crippen molar-refractivity contribution >= 4 is 0 Å².